The molecule has 2 aromatic carbocycles. The molecule has 0 saturated heterocycles. The summed E-state index contributed by atoms with van der Waals surface area (Å²) in [5, 5.41) is 8.71. The van der Waals surface area contributed by atoms with Crippen molar-refractivity contribution < 1.29 is 0 Å². The van der Waals surface area contributed by atoms with Crippen molar-refractivity contribution >= 4 is 12.7 Å². The Hall–Kier alpha value is -2.01. The van der Waals surface area contributed by atoms with Gasteiger partial charge in [-0.25, -0.2) is 0 Å². The molecule has 0 aliphatic carbocycles. The second-order valence-corrected chi connectivity index (χ2v) is 3.60. The number of nitrogens with zero attached hydrogens (tertiary/aromatic N) is 1. The van der Waals surface area contributed by atoms with Crippen LogP contribution in [0.1, 0.15) is 5.56 Å². The van der Waals surface area contributed by atoms with Crippen molar-refractivity contribution in [2.24, 2.45) is 0 Å². The average Bonchev–Trinajstić information content (AvgIpc) is 2.39. The number of nitriles is 1. The monoisotopic (exact) mass is 204 g/mol. The van der Waals surface area contributed by atoms with E-state index in [2.05, 4.69) is 37.6 Å². The van der Waals surface area contributed by atoms with Gasteiger partial charge in [-0.2, -0.15) is 5.26 Å². The van der Waals surface area contributed by atoms with Gasteiger partial charge in [0.25, 0.3) is 0 Å². The molecule has 1 nitrogen and oxygen atoms in total. The highest BCUT2D eigenvalue weighted by Crippen LogP contribution is 2.18. The standard InChI is InChI=1S/C14H11BN/c1-15-14-8-6-13(7-9-14)12-4-2-11(10-16)3-5-12/h2-9H,1H3. The lowest BCUT2D eigenvalue weighted by molar-refractivity contribution is 1.48. The molecular weight excluding hydrogens is 193 g/mol. The predicted octanol–water partition coefficient (Wildman–Crippen LogP) is 2.60. The Morgan fingerprint density at radius 1 is 0.875 bits per heavy atom. The van der Waals surface area contributed by atoms with Crippen molar-refractivity contribution in [3.8, 4) is 17.2 Å². The average molecular weight is 204 g/mol. The van der Waals surface area contributed by atoms with E-state index >= 15 is 0 Å². The third-order valence-corrected chi connectivity index (χ3v) is 2.59. The predicted molar refractivity (Wildman–Crippen MR) is 67.8 cm³/mol. The Bertz CT molecular complexity index is 506. The van der Waals surface area contributed by atoms with Gasteiger partial charge in [-0.1, -0.05) is 48.7 Å². The van der Waals surface area contributed by atoms with E-state index in [4.69, 9.17) is 5.26 Å². The lowest BCUT2D eigenvalue weighted by atomic mass is 9.73. The van der Waals surface area contributed by atoms with Crippen LogP contribution in [0.4, 0.5) is 0 Å². The summed E-state index contributed by atoms with van der Waals surface area (Å²) in [5.41, 5.74) is 4.23. The smallest absolute Gasteiger partial charge is 0.148 e. The van der Waals surface area contributed by atoms with Crippen molar-refractivity contribution in [1.29, 1.82) is 5.26 Å². The molecule has 0 atom stereocenters. The lowest BCUT2D eigenvalue weighted by Crippen LogP contribution is -2.08. The molecule has 0 aliphatic heterocycles. The minimum atomic E-state index is 0.697. The van der Waals surface area contributed by atoms with Gasteiger partial charge in [0.2, 0.25) is 0 Å². The van der Waals surface area contributed by atoms with Gasteiger partial charge in [0.05, 0.1) is 11.6 Å². The molecular formula is C14H11BN. The Labute approximate surface area is 96.6 Å². The summed E-state index contributed by atoms with van der Waals surface area (Å²) in [6.45, 7) is 2.02. The topological polar surface area (TPSA) is 23.8 Å². The highest BCUT2D eigenvalue weighted by molar-refractivity contribution is 6.51. The Morgan fingerprint density at radius 3 is 1.81 bits per heavy atom. The van der Waals surface area contributed by atoms with Gasteiger partial charge >= 0.3 is 0 Å². The van der Waals surface area contributed by atoms with E-state index < -0.39 is 0 Å². The van der Waals surface area contributed by atoms with Gasteiger partial charge in [-0.05, 0) is 23.3 Å². The molecule has 0 bridgehead atoms. The normalized spacial score (nSPS) is 9.50. The second-order valence-electron chi connectivity index (χ2n) is 3.60. The summed E-state index contributed by atoms with van der Waals surface area (Å²) in [6.07, 6.45) is 0. The van der Waals surface area contributed by atoms with Crippen LogP contribution in [0, 0.1) is 11.3 Å². The summed E-state index contributed by atoms with van der Waals surface area (Å²) in [6, 6.07) is 18.1. The number of hydrogen-bond acceptors (Lipinski definition) is 1. The van der Waals surface area contributed by atoms with Gasteiger partial charge in [-0.3, -0.25) is 0 Å². The van der Waals surface area contributed by atoms with E-state index in [1.165, 1.54) is 11.0 Å². The largest absolute Gasteiger partial charge is 0.192 e. The number of benzene rings is 2. The maximum Gasteiger partial charge on any atom is 0.148 e. The van der Waals surface area contributed by atoms with Gasteiger partial charge in [-0.15, -0.1) is 0 Å². The lowest BCUT2D eigenvalue weighted by Gasteiger charge is -2.02. The Balaban J connectivity index is 2.32. The van der Waals surface area contributed by atoms with Crippen LogP contribution >= 0.6 is 0 Å². The van der Waals surface area contributed by atoms with E-state index in [1.807, 2.05) is 31.1 Å². The van der Waals surface area contributed by atoms with Crippen molar-refractivity contribution in [2.75, 3.05) is 0 Å². The molecule has 0 amide bonds. The van der Waals surface area contributed by atoms with E-state index in [9.17, 15) is 0 Å². The van der Waals surface area contributed by atoms with Crippen LogP contribution in [0.5, 0.6) is 0 Å². The molecule has 0 aromatic heterocycles. The molecule has 1 radical (unpaired) electrons. The minimum absolute atomic E-state index is 0.697. The van der Waals surface area contributed by atoms with Crippen LogP contribution in [0.3, 0.4) is 0 Å². The number of rotatable bonds is 2. The highest BCUT2D eigenvalue weighted by Gasteiger charge is 1.98. The summed E-state index contributed by atoms with van der Waals surface area (Å²) >= 11 is 0. The summed E-state index contributed by atoms with van der Waals surface area (Å²) in [5.74, 6) is 0. The zero-order valence-corrected chi connectivity index (χ0v) is 9.14. The first-order chi connectivity index (χ1) is 7.83. The fourth-order valence-electron chi connectivity index (χ4n) is 1.61. The van der Waals surface area contributed by atoms with E-state index in [0.29, 0.717) is 5.56 Å². The van der Waals surface area contributed by atoms with Crippen molar-refractivity contribution in [1.82, 2.24) is 0 Å². The molecule has 0 fully saturated rings. The van der Waals surface area contributed by atoms with E-state index in [-0.39, 0.29) is 0 Å². The molecule has 2 aromatic rings. The second kappa shape index (κ2) is 4.68. The first-order valence-corrected chi connectivity index (χ1v) is 5.23. The van der Waals surface area contributed by atoms with Crippen LogP contribution in [0.2, 0.25) is 6.82 Å². The third-order valence-electron chi connectivity index (χ3n) is 2.59. The zero-order chi connectivity index (χ0) is 11.4. The van der Waals surface area contributed by atoms with Gasteiger partial charge < -0.3 is 0 Å². The SMILES string of the molecule is C[B]c1ccc(-c2ccc(C#N)cc2)cc1. The van der Waals surface area contributed by atoms with Crippen LogP contribution < -0.4 is 5.46 Å². The maximum absolute atomic E-state index is 8.71. The Kier molecular flexibility index (Phi) is 3.07. The summed E-state index contributed by atoms with van der Waals surface area (Å²) in [7, 11) is 2.07. The molecule has 2 rings (SSSR count). The number of hydrogen-bond donors (Lipinski definition) is 0. The van der Waals surface area contributed by atoms with Crippen LogP contribution in [-0.4, -0.2) is 7.28 Å². The van der Waals surface area contributed by atoms with Gasteiger partial charge in [0.1, 0.15) is 7.28 Å². The Morgan fingerprint density at radius 2 is 1.38 bits per heavy atom. The summed E-state index contributed by atoms with van der Waals surface area (Å²) < 4.78 is 0. The van der Waals surface area contributed by atoms with Crippen LogP contribution in [0.15, 0.2) is 48.5 Å². The van der Waals surface area contributed by atoms with Crippen LogP contribution in [-0.2, 0) is 0 Å². The van der Waals surface area contributed by atoms with Crippen molar-refractivity contribution in [3.05, 3.63) is 54.1 Å². The third kappa shape index (κ3) is 2.15. The molecule has 16 heavy (non-hydrogen) atoms. The molecule has 0 heterocycles. The van der Waals surface area contributed by atoms with Crippen LogP contribution in [0.25, 0.3) is 11.1 Å². The van der Waals surface area contributed by atoms with Crippen molar-refractivity contribution in [2.45, 2.75) is 6.82 Å². The molecule has 0 spiro atoms. The summed E-state index contributed by atoms with van der Waals surface area (Å²) in [4.78, 5) is 0. The maximum atomic E-state index is 8.71. The fraction of sp³-hybridized carbons (Fsp3) is 0.0714. The van der Waals surface area contributed by atoms with Gasteiger partial charge in [0, 0.05) is 0 Å². The first kappa shape index (κ1) is 10.5. The quantitative estimate of drug-likeness (QED) is 0.689. The highest BCUT2D eigenvalue weighted by atomic mass is 14.2. The molecule has 0 saturated carbocycles. The molecule has 2 heteroatoms. The molecule has 0 N–H and O–H groups in total. The first-order valence-electron chi connectivity index (χ1n) is 5.23. The van der Waals surface area contributed by atoms with Crippen molar-refractivity contribution in [3.63, 3.8) is 0 Å². The zero-order valence-electron chi connectivity index (χ0n) is 9.14. The van der Waals surface area contributed by atoms with Gasteiger partial charge in [0.15, 0.2) is 0 Å². The van der Waals surface area contributed by atoms with E-state index in [0.717, 1.165) is 5.56 Å². The fourth-order valence-corrected chi connectivity index (χ4v) is 1.61. The molecule has 0 aliphatic rings. The molecule has 75 valence electrons. The minimum Gasteiger partial charge on any atom is -0.192 e. The van der Waals surface area contributed by atoms with E-state index in [1.54, 1.807) is 0 Å². The molecule has 0 unspecified atom stereocenters.